The molecular weight excluding hydrogens is 136 g/mol. The van der Waals surface area contributed by atoms with Crippen LogP contribution in [-0.2, 0) is 4.74 Å². The Morgan fingerprint density at radius 3 is 2.20 bits per heavy atom. The minimum Gasteiger partial charge on any atom is -0.394 e. The molecule has 0 fully saturated rings. The molecule has 0 spiro atoms. The number of rotatable bonds is 5. The van der Waals surface area contributed by atoms with Crippen LogP contribution in [0.2, 0.25) is 0 Å². The van der Waals surface area contributed by atoms with E-state index >= 15 is 0 Å². The third-order valence-electron chi connectivity index (χ3n) is 0.878. The van der Waals surface area contributed by atoms with Gasteiger partial charge in [-0.2, -0.15) is 0 Å². The zero-order valence-corrected chi connectivity index (χ0v) is 6.29. The lowest BCUT2D eigenvalue weighted by atomic mass is 10.4. The fourth-order valence-electron chi connectivity index (χ4n) is 0.413. The van der Waals surface area contributed by atoms with Crippen molar-refractivity contribution in [2.75, 3.05) is 19.8 Å². The molecule has 0 heterocycles. The fraction of sp³-hybridized carbons (Fsp3) is 1.00. The monoisotopic (exact) mass is 152 g/mol. The van der Waals surface area contributed by atoms with E-state index in [0.717, 1.165) is 19.4 Å². The Kier molecular flexibility index (Phi) is 19.9. The molecule has 0 rings (SSSR count). The van der Waals surface area contributed by atoms with Gasteiger partial charge < -0.3 is 9.84 Å². The molecule has 0 aliphatic heterocycles. The Hall–Kier alpha value is -0.160. The molecule has 4 heteroatoms. The Balaban J connectivity index is 0. The van der Waals surface area contributed by atoms with Crippen molar-refractivity contribution in [1.29, 1.82) is 0 Å². The molecule has 0 saturated heterocycles. The van der Waals surface area contributed by atoms with Crippen molar-refractivity contribution in [2.24, 2.45) is 0 Å². The number of hydrogen-bond donors (Lipinski definition) is 3. The molecule has 0 unspecified atom stereocenters. The van der Waals surface area contributed by atoms with Gasteiger partial charge in [0.1, 0.15) is 0 Å². The first-order valence-electron chi connectivity index (χ1n) is 3.30. The van der Waals surface area contributed by atoms with Gasteiger partial charge in [-0.25, -0.2) is 0 Å². The summed E-state index contributed by atoms with van der Waals surface area (Å²) in [5.41, 5.74) is 0. The van der Waals surface area contributed by atoms with E-state index in [-0.39, 0.29) is 6.61 Å². The van der Waals surface area contributed by atoms with Crippen molar-refractivity contribution in [1.82, 2.24) is 0 Å². The number of ether oxygens (including phenoxy) is 1. The number of aliphatic hydroxyl groups excluding tert-OH is 1. The van der Waals surface area contributed by atoms with Crippen LogP contribution in [0.1, 0.15) is 19.8 Å². The normalized spacial score (nSPS) is 8.40. The van der Waals surface area contributed by atoms with Crippen LogP contribution in [0.25, 0.3) is 0 Å². The van der Waals surface area contributed by atoms with Gasteiger partial charge in [0, 0.05) is 6.61 Å². The van der Waals surface area contributed by atoms with Gasteiger partial charge >= 0.3 is 0 Å². The van der Waals surface area contributed by atoms with Gasteiger partial charge in [-0.1, -0.05) is 13.3 Å². The largest absolute Gasteiger partial charge is 0.394 e. The Labute approximate surface area is 61.0 Å². The topological polar surface area (TPSA) is 69.9 Å². The van der Waals surface area contributed by atoms with E-state index in [4.69, 9.17) is 20.4 Å². The molecule has 64 valence electrons. The van der Waals surface area contributed by atoms with Crippen LogP contribution in [0.15, 0.2) is 0 Å². The Morgan fingerprint density at radius 2 is 1.80 bits per heavy atom. The first-order chi connectivity index (χ1) is 4.91. The maximum atomic E-state index is 8.24. The highest BCUT2D eigenvalue weighted by atomic mass is 17.0. The van der Waals surface area contributed by atoms with Crippen molar-refractivity contribution >= 4 is 0 Å². The van der Waals surface area contributed by atoms with Gasteiger partial charge in [0.2, 0.25) is 0 Å². The highest BCUT2D eigenvalue weighted by molar-refractivity contribution is 4.30. The highest BCUT2D eigenvalue weighted by Crippen LogP contribution is 1.85. The molecule has 0 radical (unpaired) electrons. The summed E-state index contributed by atoms with van der Waals surface area (Å²) in [6, 6.07) is 0. The van der Waals surface area contributed by atoms with E-state index in [1.165, 1.54) is 0 Å². The molecule has 0 aromatic rings. The molecule has 4 nitrogen and oxygen atoms in total. The predicted molar refractivity (Wildman–Crippen MR) is 38.1 cm³/mol. The molecule has 0 amide bonds. The van der Waals surface area contributed by atoms with Crippen LogP contribution in [0.5, 0.6) is 0 Å². The molecule has 0 atom stereocenters. The van der Waals surface area contributed by atoms with Gasteiger partial charge in [0.25, 0.3) is 0 Å². The van der Waals surface area contributed by atoms with E-state index in [1.54, 1.807) is 0 Å². The molecule has 3 N–H and O–H groups in total. The molecule has 10 heavy (non-hydrogen) atoms. The SMILES string of the molecule is CCCCOCCO.OO. The zero-order chi connectivity index (χ0) is 8.24. The van der Waals surface area contributed by atoms with Crippen LogP contribution < -0.4 is 0 Å². The minimum atomic E-state index is 0.143. The van der Waals surface area contributed by atoms with E-state index in [1.807, 2.05) is 0 Å². The summed E-state index contributed by atoms with van der Waals surface area (Å²) >= 11 is 0. The standard InChI is InChI=1S/C6H14O2.H2O2/c1-2-3-5-8-6-4-7;1-2/h7H,2-6H2,1H3;1-2H. The minimum absolute atomic E-state index is 0.143. The third-order valence-corrected chi connectivity index (χ3v) is 0.878. The summed E-state index contributed by atoms with van der Waals surface area (Å²) in [5, 5.41) is 20.2. The molecule has 0 aromatic heterocycles. The summed E-state index contributed by atoms with van der Waals surface area (Å²) < 4.78 is 4.97. The lowest BCUT2D eigenvalue weighted by Gasteiger charge is -1.97. The van der Waals surface area contributed by atoms with E-state index in [0.29, 0.717) is 6.61 Å². The van der Waals surface area contributed by atoms with Gasteiger partial charge in [0.05, 0.1) is 13.2 Å². The average Bonchev–Trinajstić information content (AvgIpc) is 2.02. The zero-order valence-electron chi connectivity index (χ0n) is 6.29. The Morgan fingerprint density at radius 1 is 1.20 bits per heavy atom. The van der Waals surface area contributed by atoms with Crippen LogP contribution in [0.4, 0.5) is 0 Å². The second-order valence-corrected chi connectivity index (χ2v) is 1.69. The first-order valence-corrected chi connectivity index (χ1v) is 3.30. The second-order valence-electron chi connectivity index (χ2n) is 1.69. The lowest BCUT2D eigenvalue weighted by molar-refractivity contribution is -0.176. The first kappa shape index (κ1) is 12.5. The van der Waals surface area contributed by atoms with Crippen molar-refractivity contribution in [3.63, 3.8) is 0 Å². The maximum absolute atomic E-state index is 8.24. The second kappa shape index (κ2) is 15.9. The predicted octanol–water partition coefficient (Wildman–Crippen LogP) is 0.813. The molecule has 0 aliphatic carbocycles. The lowest BCUT2D eigenvalue weighted by Crippen LogP contribution is -1.99. The number of aliphatic hydroxyl groups is 1. The third kappa shape index (κ3) is 15.7. The van der Waals surface area contributed by atoms with Crippen molar-refractivity contribution in [3.8, 4) is 0 Å². The molecule has 0 aliphatic rings. The molecule has 0 aromatic carbocycles. The summed E-state index contributed by atoms with van der Waals surface area (Å²) in [7, 11) is 0. The van der Waals surface area contributed by atoms with Crippen LogP contribution in [0.3, 0.4) is 0 Å². The summed E-state index contributed by atoms with van der Waals surface area (Å²) in [6.07, 6.45) is 2.26. The molecule has 0 bridgehead atoms. The molecular formula is C6H16O4. The Bertz CT molecular complexity index is 34.7. The maximum Gasteiger partial charge on any atom is 0.0697 e. The van der Waals surface area contributed by atoms with Crippen LogP contribution >= 0.6 is 0 Å². The smallest absolute Gasteiger partial charge is 0.0697 e. The van der Waals surface area contributed by atoms with Gasteiger partial charge in [-0.3, -0.25) is 10.5 Å². The fourth-order valence-corrected chi connectivity index (χ4v) is 0.413. The van der Waals surface area contributed by atoms with Crippen molar-refractivity contribution < 1.29 is 20.4 Å². The van der Waals surface area contributed by atoms with Crippen LogP contribution in [-0.4, -0.2) is 35.4 Å². The van der Waals surface area contributed by atoms with Crippen molar-refractivity contribution in [3.05, 3.63) is 0 Å². The van der Waals surface area contributed by atoms with Gasteiger partial charge in [-0.05, 0) is 6.42 Å². The van der Waals surface area contributed by atoms with Crippen molar-refractivity contribution in [2.45, 2.75) is 19.8 Å². The number of hydrogen-bond acceptors (Lipinski definition) is 4. The van der Waals surface area contributed by atoms with E-state index in [9.17, 15) is 0 Å². The average molecular weight is 152 g/mol. The van der Waals surface area contributed by atoms with E-state index < -0.39 is 0 Å². The summed E-state index contributed by atoms with van der Waals surface area (Å²) in [6.45, 7) is 3.53. The summed E-state index contributed by atoms with van der Waals surface area (Å²) in [4.78, 5) is 0. The number of unbranched alkanes of at least 4 members (excludes halogenated alkanes) is 1. The van der Waals surface area contributed by atoms with Crippen LogP contribution in [0, 0.1) is 0 Å². The quantitative estimate of drug-likeness (QED) is 0.310. The van der Waals surface area contributed by atoms with E-state index in [2.05, 4.69) is 6.92 Å². The van der Waals surface area contributed by atoms with Gasteiger partial charge in [-0.15, -0.1) is 0 Å². The van der Waals surface area contributed by atoms with Gasteiger partial charge in [0.15, 0.2) is 0 Å². The molecule has 0 saturated carbocycles. The summed E-state index contributed by atoms with van der Waals surface area (Å²) in [5.74, 6) is 0. The highest BCUT2D eigenvalue weighted by Gasteiger charge is 1.82.